The first-order valence-electron chi connectivity index (χ1n) is 10.0. The molecule has 8 nitrogen and oxygen atoms in total. The second-order valence-electron chi connectivity index (χ2n) is 8.19. The van der Waals surface area contributed by atoms with E-state index in [0.717, 1.165) is 11.1 Å². The van der Waals surface area contributed by atoms with Crippen LogP contribution in [0.2, 0.25) is 0 Å². The van der Waals surface area contributed by atoms with E-state index in [1.807, 2.05) is 6.07 Å². The standard InChI is InChI=1S/C24H25N3O5/c1-16(28)25-19-7-5-6-17(14-19)15-27-22(29)13-12-21(26-27)18-8-10-20(11-9-18)31-23(30)32-24(2,3)4/h5-14H,15H2,1-4H3,(H,25,28). The van der Waals surface area contributed by atoms with Gasteiger partial charge in [0.1, 0.15) is 11.4 Å². The van der Waals surface area contributed by atoms with E-state index in [9.17, 15) is 14.4 Å². The van der Waals surface area contributed by atoms with Crippen molar-refractivity contribution < 1.29 is 19.1 Å². The van der Waals surface area contributed by atoms with Crippen molar-refractivity contribution in [3.63, 3.8) is 0 Å². The zero-order valence-electron chi connectivity index (χ0n) is 18.4. The molecule has 1 N–H and O–H groups in total. The van der Waals surface area contributed by atoms with Gasteiger partial charge in [-0.3, -0.25) is 9.59 Å². The Bertz CT molecular complexity index is 1180. The summed E-state index contributed by atoms with van der Waals surface area (Å²) in [6.07, 6.45) is -0.779. The molecule has 0 saturated carbocycles. The minimum Gasteiger partial charge on any atom is -0.428 e. The summed E-state index contributed by atoms with van der Waals surface area (Å²) in [5.74, 6) is 0.171. The maximum absolute atomic E-state index is 12.3. The highest BCUT2D eigenvalue weighted by molar-refractivity contribution is 5.88. The fraction of sp³-hybridized carbons (Fsp3) is 0.250. The minimum atomic E-state index is -0.779. The molecule has 166 valence electrons. The molecule has 0 saturated heterocycles. The Kier molecular flexibility index (Phi) is 6.73. The van der Waals surface area contributed by atoms with E-state index >= 15 is 0 Å². The van der Waals surface area contributed by atoms with Gasteiger partial charge in [0, 0.05) is 24.2 Å². The summed E-state index contributed by atoms with van der Waals surface area (Å²) in [4.78, 5) is 35.4. The number of rotatable bonds is 5. The molecule has 1 aromatic heterocycles. The molecule has 2 aromatic carbocycles. The molecule has 0 spiro atoms. The van der Waals surface area contributed by atoms with Gasteiger partial charge >= 0.3 is 6.16 Å². The van der Waals surface area contributed by atoms with Crippen LogP contribution in [0.5, 0.6) is 5.75 Å². The van der Waals surface area contributed by atoms with E-state index in [1.165, 1.54) is 17.7 Å². The molecule has 0 bridgehead atoms. The monoisotopic (exact) mass is 435 g/mol. The number of nitrogens with one attached hydrogen (secondary N) is 1. The Balaban J connectivity index is 1.76. The molecule has 0 unspecified atom stereocenters. The zero-order chi connectivity index (χ0) is 23.3. The minimum absolute atomic E-state index is 0.168. The first-order valence-corrected chi connectivity index (χ1v) is 10.0. The van der Waals surface area contributed by atoms with Gasteiger partial charge in [0.25, 0.3) is 5.56 Å². The smallest absolute Gasteiger partial charge is 0.428 e. The predicted molar refractivity (Wildman–Crippen MR) is 121 cm³/mol. The summed E-state index contributed by atoms with van der Waals surface area (Å²) in [6.45, 7) is 6.96. The van der Waals surface area contributed by atoms with Crippen molar-refractivity contribution in [1.82, 2.24) is 9.78 Å². The molecule has 3 rings (SSSR count). The summed E-state index contributed by atoms with van der Waals surface area (Å²) in [5, 5.41) is 7.17. The van der Waals surface area contributed by atoms with E-state index in [2.05, 4.69) is 10.4 Å². The van der Waals surface area contributed by atoms with Crippen LogP contribution < -0.4 is 15.6 Å². The summed E-state index contributed by atoms with van der Waals surface area (Å²) in [7, 11) is 0. The SMILES string of the molecule is CC(=O)Nc1cccc(Cn2nc(-c3ccc(OC(=O)OC(C)(C)C)cc3)ccc2=O)c1. The number of carbonyl (C=O) groups excluding carboxylic acids is 2. The number of nitrogens with zero attached hydrogens (tertiary/aromatic N) is 2. The van der Waals surface area contributed by atoms with Crippen LogP contribution in [0.25, 0.3) is 11.3 Å². The molecular weight excluding hydrogens is 410 g/mol. The summed E-state index contributed by atoms with van der Waals surface area (Å²) in [6, 6.07) is 17.1. The second kappa shape index (κ2) is 9.47. The average molecular weight is 435 g/mol. The summed E-state index contributed by atoms with van der Waals surface area (Å²) in [5.41, 5.74) is 1.93. The predicted octanol–water partition coefficient (Wildman–Crippen LogP) is 4.23. The number of benzene rings is 2. The Morgan fingerprint density at radius 1 is 1.03 bits per heavy atom. The first kappa shape index (κ1) is 22.7. The van der Waals surface area contributed by atoms with Crippen molar-refractivity contribution in [2.24, 2.45) is 0 Å². The fourth-order valence-electron chi connectivity index (χ4n) is 2.90. The van der Waals surface area contributed by atoms with E-state index < -0.39 is 11.8 Å². The molecular formula is C24H25N3O5. The van der Waals surface area contributed by atoms with Crippen molar-refractivity contribution in [1.29, 1.82) is 0 Å². The molecule has 0 aliphatic heterocycles. The normalized spacial score (nSPS) is 11.0. The first-order chi connectivity index (χ1) is 15.1. The van der Waals surface area contributed by atoms with Gasteiger partial charge in [0.2, 0.25) is 5.91 Å². The van der Waals surface area contributed by atoms with E-state index in [-0.39, 0.29) is 18.0 Å². The van der Waals surface area contributed by atoms with E-state index in [1.54, 1.807) is 69.3 Å². The highest BCUT2D eigenvalue weighted by Gasteiger charge is 2.18. The number of carbonyl (C=O) groups is 2. The van der Waals surface area contributed by atoms with Crippen molar-refractivity contribution in [3.05, 3.63) is 76.6 Å². The molecule has 32 heavy (non-hydrogen) atoms. The quantitative estimate of drug-likeness (QED) is 0.476. The van der Waals surface area contributed by atoms with Gasteiger partial charge in [0.05, 0.1) is 12.2 Å². The van der Waals surface area contributed by atoms with Gasteiger partial charge in [-0.15, -0.1) is 0 Å². The molecule has 1 heterocycles. The Labute approximate surface area is 185 Å². The molecule has 0 atom stereocenters. The third-order valence-electron chi connectivity index (χ3n) is 4.19. The van der Waals surface area contributed by atoms with Gasteiger partial charge in [-0.2, -0.15) is 5.10 Å². The Morgan fingerprint density at radius 2 is 1.75 bits per heavy atom. The highest BCUT2D eigenvalue weighted by Crippen LogP contribution is 2.21. The molecule has 1 amide bonds. The Morgan fingerprint density at radius 3 is 2.41 bits per heavy atom. The lowest BCUT2D eigenvalue weighted by molar-refractivity contribution is -0.114. The Hall–Kier alpha value is -3.94. The van der Waals surface area contributed by atoms with E-state index in [4.69, 9.17) is 9.47 Å². The summed E-state index contributed by atoms with van der Waals surface area (Å²) >= 11 is 0. The van der Waals surface area contributed by atoms with Crippen molar-refractivity contribution >= 4 is 17.7 Å². The van der Waals surface area contributed by atoms with Gasteiger partial charge < -0.3 is 14.8 Å². The fourth-order valence-corrected chi connectivity index (χ4v) is 2.90. The van der Waals surface area contributed by atoms with Crippen LogP contribution in [0.3, 0.4) is 0 Å². The van der Waals surface area contributed by atoms with Gasteiger partial charge in [0.15, 0.2) is 0 Å². The molecule has 8 heteroatoms. The molecule has 0 fully saturated rings. The third-order valence-corrected chi connectivity index (χ3v) is 4.19. The van der Waals surface area contributed by atoms with Crippen LogP contribution in [0.15, 0.2) is 65.5 Å². The van der Waals surface area contributed by atoms with Crippen LogP contribution in [-0.4, -0.2) is 27.4 Å². The van der Waals surface area contributed by atoms with Crippen LogP contribution in [0.4, 0.5) is 10.5 Å². The number of aromatic nitrogens is 2. The molecule has 0 aliphatic carbocycles. The maximum atomic E-state index is 12.3. The third kappa shape index (κ3) is 6.53. The van der Waals surface area contributed by atoms with Crippen LogP contribution in [0, 0.1) is 0 Å². The van der Waals surface area contributed by atoms with Crippen LogP contribution in [0.1, 0.15) is 33.3 Å². The van der Waals surface area contributed by atoms with Crippen LogP contribution in [-0.2, 0) is 16.1 Å². The lowest BCUT2D eigenvalue weighted by Crippen LogP contribution is -2.25. The van der Waals surface area contributed by atoms with Gasteiger partial charge in [-0.05, 0) is 68.8 Å². The number of hydrogen-bond donors (Lipinski definition) is 1. The largest absolute Gasteiger partial charge is 0.514 e. The molecule has 0 aliphatic rings. The lowest BCUT2D eigenvalue weighted by atomic mass is 10.1. The van der Waals surface area contributed by atoms with Crippen molar-refractivity contribution in [3.8, 4) is 17.0 Å². The molecule has 3 aromatic rings. The topological polar surface area (TPSA) is 99.5 Å². The highest BCUT2D eigenvalue weighted by atomic mass is 16.7. The van der Waals surface area contributed by atoms with Crippen molar-refractivity contribution in [2.75, 3.05) is 5.32 Å². The van der Waals surface area contributed by atoms with E-state index in [0.29, 0.717) is 17.1 Å². The average Bonchev–Trinajstić information content (AvgIpc) is 2.68. The van der Waals surface area contributed by atoms with Gasteiger partial charge in [-0.25, -0.2) is 9.48 Å². The van der Waals surface area contributed by atoms with Crippen molar-refractivity contribution in [2.45, 2.75) is 39.8 Å². The number of anilines is 1. The maximum Gasteiger partial charge on any atom is 0.514 e. The number of hydrogen-bond acceptors (Lipinski definition) is 6. The summed E-state index contributed by atoms with van der Waals surface area (Å²) < 4.78 is 11.7. The number of ether oxygens (including phenoxy) is 2. The number of amides is 1. The van der Waals surface area contributed by atoms with Gasteiger partial charge in [-0.1, -0.05) is 12.1 Å². The second-order valence-corrected chi connectivity index (χ2v) is 8.19. The zero-order valence-corrected chi connectivity index (χ0v) is 18.4. The molecule has 0 radical (unpaired) electrons. The lowest BCUT2D eigenvalue weighted by Gasteiger charge is -2.18. The van der Waals surface area contributed by atoms with Crippen LogP contribution >= 0.6 is 0 Å².